The van der Waals surface area contributed by atoms with Crippen molar-refractivity contribution in [2.45, 2.75) is 12.5 Å². The number of fused-ring (bicyclic) bond motifs is 2. The van der Waals surface area contributed by atoms with Crippen molar-refractivity contribution in [1.82, 2.24) is 4.98 Å². The van der Waals surface area contributed by atoms with Crippen molar-refractivity contribution in [3.05, 3.63) is 41.4 Å². The number of hydrogen-bond acceptors (Lipinski definition) is 4. The molecule has 0 aliphatic heterocycles. The summed E-state index contributed by atoms with van der Waals surface area (Å²) >= 11 is 1.50. The van der Waals surface area contributed by atoms with Crippen molar-refractivity contribution in [3.63, 3.8) is 0 Å². The topological polar surface area (TPSA) is 76.2 Å². The van der Waals surface area contributed by atoms with Gasteiger partial charge < -0.3 is 10.8 Å². The summed E-state index contributed by atoms with van der Waals surface area (Å²) in [5.41, 5.74) is 6.44. The molecule has 0 radical (unpaired) electrons. The lowest BCUT2D eigenvalue weighted by Gasteiger charge is -2.01. The van der Waals surface area contributed by atoms with Gasteiger partial charge in [-0.1, -0.05) is 24.3 Å². The largest absolute Gasteiger partial charge is 0.480 e. The molecule has 19 heavy (non-hydrogen) atoms. The van der Waals surface area contributed by atoms with Crippen LogP contribution >= 0.6 is 11.3 Å². The van der Waals surface area contributed by atoms with Crippen LogP contribution in [0.4, 0.5) is 0 Å². The molecule has 4 nitrogen and oxygen atoms in total. The van der Waals surface area contributed by atoms with Crippen LogP contribution < -0.4 is 5.73 Å². The number of aliphatic carboxylic acids is 1. The molecule has 3 rings (SSSR count). The van der Waals surface area contributed by atoms with E-state index in [-0.39, 0.29) is 6.42 Å². The molecule has 0 saturated heterocycles. The van der Waals surface area contributed by atoms with Crippen molar-refractivity contribution in [2.75, 3.05) is 0 Å². The van der Waals surface area contributed by atoms with Crippen LogP contribution in [0.1, 0.15) is 5.01 Å². The van der Waals surface area contributed by atoms with Crippen LogP contribution in [0.25, 0.3) is 21.0 Å². The van der Waals surface area contributed by atoms with Crippen molar-refractivity contribution >= 4 is 38.3 Å². The molecule has 0 saturated carbocycles. The van der Waals surface area contributed by atoms with Gasteiger partial charge in [-0.15, -0.1) is 11.3 Å². The molecule has 0 aliphatic carbocycles. The van der Waals surface area contributed by atoms with Crippen LogP contribution in [0.2, 0.25) is 0 Å². The molecule has 0 spiro atoms. The maximum atomic E-state index is 10.8. The van der Waals surface area contributed by atoms with E-state index in [0.717, 1.165) is 26.0 Å². The number of hydrogen-bond donors (Lipinski definition) is 2. The Hall–Kier alpha value is -1.98. The second kappa shape index (κ2) is 4.60. The Labute approximate surface area is 113 Å². The molecule has 0 bridgehead atoms. The molecule has 3 aromatic rings. The van der Waals surface area contributed by atoms with Crippen LogP contribution in [0.3, 0.4) is 0 Å². The highest BCUT2D eigenvalue weighted by atomic mass is 32.1. The quantitative estimate of drug-likeness (QED) is 0.767. The zero-order valence-electron chi connectivity index (χ0n) is 10.0. The normalized spacial score (nSPS) is 12.9. The van der Waals surface area contributed by atoms with Crippen LogP contribution in [0.5, 0.6) is 0 Å². The summed E-state index contributed by atoms with van der Waals surface area (Å²) in [6.45, 7) is 0. The molecule has 1 aromatic heterocycles. The summed E-state index contributed by atoms with van der Waals surface area (Å²) in [6, 6.07) is 11.3. The Morgan fingerprint density at radius 2 is 2.00 bits per heavy atom. The van der Waals surface area contributed by atoms with E-state index < -0.39 is 12.0 Å². The van der Waals surface area contributed by atoms with Gasteiger partial charge >= 0.3 is 5.97 Å². The number of thiazole rings is 1. The molecule has 0 aliphatic rings. The van der Waals surface area contributed by atoms with Gasteiger partial charge in [0.1, 0.15) is 6.04 Å². The van der Waals surface area contributed by atoms with Crippen LogP contribution in [0, 0.1) is 0 Å². The second-order valence-corrected chi connectivity index (χ2v) is 5.54. The van der Waals surface area contributed by atoms with Gasteiger partial charge in [0, 0.05) is 6.42 Å². The Morgan fingerprint density at radius 1 is 1.32 bits per heavy atom. The maximum Gasteiger partial charge on any atom is 0.320 e. The first-order valence-corrected chi connectivity index (χ1v) is 6.72. The number of rotatable bonds is 3. The van der Waals surface area contributed by atoms with Crippen LogP contribution in [-0.2, 0) is 11.2 Å². The predicted molar refractivity (Wildman–Crippen MR) is 76.4 cm³/mol. The zero-order valence-corrected chi connectivity index (χ0v) is 10.9. The third-order valence-electron chi connectivity index (χ3n) is 3.01. The molecular weight excluding hydrogens is 260 g/mol. The van der Waals surface area contributed by atoms with Gasteiger partial charge in [0.2, 0.25) is 0 Å². The maximum absolute atomic E-state index is 10.8. The highest BCUT2D eigenvalue weighted by molar-refractivity contribution is 7.18. The Balaban J connectivity index is 2.05. The fourth-order valence-corrected chi connectivity index (χ4v) is 3.08. The Morgan fingerprint density at radius 3 is 2.68 bits per heavy atom. The SMILES string of the molecule is N[C@@H](Cc1nc2cc3ccccc3cc2s1)C(=O)O. The number of nitrogens with two attached hydrogens (primary N) is 1. The smallest absolute Gasteiger partial charge is 0.320 e. The van der Waals surface area contributed by atoms with Gasteiger partial charge in [-0.3, -0.25) is 4.79 Å². The van der Waals surface area contributed by atoms with Crippen LogP contribution in [-0.4, -0.2) is 22.1 Å². The third kappa shape index (κ3) is 2.30. The number of benzene rings is 2. The first-order chi connectivity index (χ1) is 9.13. The molecule has 0 amide bonds. The van der Waals surface area contributed by atoms with Crippen molar-refractivity contribution in [3.8, 4) is 0 Å². The molecule has 1 heterocycles. The van der Waals surface area contributed by atoms with Crippen molar-refractivity contribution in [2.24, 2.45) is 5.73 Å². The molecule has 5 heteroatoms. The zero-order chi connectivity index (χ0) is 13.4. The molecule has 96 valence electrons. The summed E-state index contributed by atoms with van der Waals surface area (Å²) in [5.74, 6) is -0.996. The van der Waals surface area contributed by atoms with E-state index in [9.17, 15) is 4.79 Å². The Kier molecular flexibility index (Phi) is 2.93. The Bertz CT molecular complexity index is 714. The predicted octanol–water partition coefficient (Wildman–Crippen LogP) is 2.40. The lowest BCUT2D eigenvalue weighted by molar-refractivity contribution is -0.138. The number of nitrogens with zero attached hydrogens (tertiary/aromatic N) is 1. The standard InChI is InChI=1S/C14H12N2O2S/c15-10(14(17)18)7-13-16-11-5-8-3-1-2-4-9(8)6-12(11)19-13/h1-6,10H,7,15H2,(H,17,18)/t10-/m0/s1. The van der Waals surface area contributed by atoms with Gasteiger partial charge in [-0.05, 0) is 22.9 Å². The minimum Gasteiger partial charge on any atom is -0.480 e. The first kappa shape index (κ1) is 12.1. The van der Waals surface area contributed by atoms with Gasteiger partial charge in [-0.25, -0.2) is 4.98 Å². The van der Waals surface area contributed by atoms with E-state index in [1.165, 1.54) is 11.3 Å². The molecular formula is C14H12N2O2S. The average Bonchev–Trinajstić information content (AvgIpc) is 2.76. The number of carbonyl (C=O) groups is 1. The first-order valence-electron chi connectivity index (χ1n) is 5.90. The van der Waals surface area contributed by atoms with E-state index in [4.69, 9.17) is 10.8 Å². The summed E-state index contributed by atoms with van der Waals surface area (Å²) in [6.07, 6.45) is 0.269. The molecule has 0 unspecified atom stereocenters. The van der Waals surface area contributed by atoms with Gasteiger partial charge in [0.15, 0.2) is 0 Å². The molecule has 2 aromatic carbocycles. The van der Waals surface area contributed by atoms with Gasteiger partial charge in [0.05, 0.1) is 15.2 Å². The van der Waals surface area contributed by atoms with Gasteiger partial charge in [0.25, 0.3) is 0 Å². The van der Waals surface area contributed by atoms with E-state index in [0.29, 0.717) is 0 Å². The lowest BCUT2D eigenvalue weighted by Crippen LogP contribution is -2.32. The van der Waals surface area contributed by atoms with E-state index >= 15 is 0 Å². The fraction of sp³-hybridized carbons (Fsp3) is 0.143. The van der Waals surface area contributed by atoms with E-state index in [1.54, 1.807) is 0 Å². The second-order valence-electron chi connectivity index (χ2n) is 4.42. The highest BCUT2D eigenvalue weighted by Gasteiger charge is 2.15. The number of carboxylic acid groups (broad SMARTS) is 1. The molecule has 1 atom stereocenters. The molecule has 0 fully saturated rings. The van der Waals surface area contributed by atoms with Crippen molar-refractivity contribution < 1.29 is 9.90 Å². The monoisotopic (exact) mass is 272 g/mol. The summed E-state index contributed by atoms with van der Waals surface area (Å²) < 4.78 is 1.06. The van der Waals surface area contributed by atoms with E-state index in [2.05, 4.69) is 17.1 Å². The minimum atomic E-state index is -0.996. The molecule has 3 N–H and O–H groups in total. The highest BCUT2D eigenvalue weighted by Crippen LogP contribution is 2.27. The summed E-state index contributed by atoms with van der Waals surface area (Å²) in [4.78, 5) is 15.2. The number of aromatic nitrogens is 1. The van der Waals surface area contributed by atoms with Gasteiger partial charge in [-0.2, -0.15) is 0 Å². The summed E-state index contributed by atoms with van der Waals surface area (Å²) in [7, 11) is 0. The van der Waals surface area contributed by atoms with E-state index in [1.807, 2.05) is 24.3 Å². The third-order valence-corrected chi connectivity index (χ3v) is 4.05. The fourth-order valence-electron chi connectivity index (χ4n) is 2.02. The lowest BCUT2D eigenvalue weighted by atomic mass is 10.1. The average molecular weight is 272 g/mol. The number of carboxylic acids is 1. The summed E-state index contributed by atoms with van der Waals surface area (Å²) in [5, 5.41) is 11.9. The van der Waals surface area contributed by atoms with Crippen LogP contribution in [0.15, 0.2) is 36.4 Å². The van der Waals surface area contributed by atoms with Crippen molar-refractivity contribution in [1.29, 1.82) is 0 Å². The minimum absolute atomic E-state index is 0.269.